The van der Waals surface area contributed by atoms with Gasteiger partial charge in [-0.2, -0.15) is 0 Å². The smallest absolute Gasteiger partial charge is 0.228 e. The summed E-state index contributed by atoms with van der Waals surface area (Å²) in [5.41, 5.74) is 3.40. The van der Waals surface area contributed by atoms with Crippen molar-refractivity contribution in [1.29, 1.82) is 0 Å². The van der Waals surface area contributed by atoms with Crippen LogP contribution in [0.5, 0.6) is 0 Å². The van der Waals surface area contributed by atoms with Crippen LogP contribution in [0.2, 0.25) is 0 Å². The maximum Gasteiger partial charge on any atom is 0.228 e. The molecule has 0 unspecified atom stereocenters. The van der Waals surface area contributed by atoms with Gasteiger partial charge in [-0.05, 0) is 23.6 Å². The molecule has 0 aromatic heterocycles. The summed E-state index contributed by atoms with van der Waals surface area (Å²) in [6.07, 6.45) is 0.956. The molecule has 0 N–H and O–H groups in total. The highest BCUT2D eigenvalue weighted by atomic mass is 16.6. The highest BCUT2D eigenvalue weighted by Gasteiger charge is 2.30. The van der Waals surface area contributed by atoms with Crippen molar-refractivity contribution in [2.24, 2.45) is 0 Å². The van der Waals surface area contributed by atoms with E-state index in [0.717, 1.165) is 24.2 Å². The molecule has 1 aliphatic rings. The Balaban J connectivity index is 1.97. The summed E-state index contributed by atoms with van der Waals surface area (Å²) in [4.78, 5) is 13.0. The van der Waals surface area contributed by atoms with Crippen molar-refractivity contribution >= 4 is 5.69 Å². The highest BCUT2D eigenvalue weighted by molar-refractivity contribution is 5.59. The molecule has 0 saturated heterocycles. The van der Waals surface area contributed by atoms with Gasteiger partial charge in [-0.3, -0.25) is 10.1 Å². The van der Waals surface area contributed by atoms with Crippen LogP contribution in [-0.4, -0.2) is 18.0 Å². The first-order valence-corrected chi connectivity index (χ1v) is 6.77. The number of hydrogen-bond donors (Lipinski definition) is 0. The zero-order valence-corrected chi connectivity index (χ0v) is 11.1. The summed E-state index contributed by atoms with van der Waals surface area (Å²) in [5.74, 6) is 0. The molecule has 0 bridgehead atoms. The van der Waals surface area contributed by atoms with Gasteiger partial charge in [0.15, 0.2) is 0 Å². The molecule has 4 heteroatoms. The van der Waals surface area contributed by atoms with E-state index >= 15 is 0 Å². The lowest BCUT2D eigenvalue weighted by Gasteiger charge is -2.27. The van der Waals surface area contributed by atoms with Gasteiger partial charge in [0.05, 0.1) is 0 Å². The van der Waals surface area contributed by atoms with Gasteiger partial charge < -0.3 is 4.90 Å². The van der Waals surface area contributed by atoms with E-state index in [1.54, 1.807) is 0 Å². The summed E-state index contributed by atoms with van der Waals surface area (Å²) < 4.78 is 0. The number of nitrogens with zero attached hydrogens (tertiary/aromatic N) is 2. The van der Waals surface area contributed by atoms with Gasteiger partial charge in [0.1, 0.15) is 6.04 Å². The molecule has 102 valence electrons. The molecule has 0 radical (unpaired) electrons. The largest absolute Gasteiger partial charge is 0.358 e. The van der Waals surface area contributed by atoms with Gasteiger partial charge in [0.25, 0.3) is 0 Å². The van der Waals surface area contributed by atoms with Crippen molar-refractivity contribution in [3.63, 3.8) is 0 Å². The van der Waals surface area contributed by atoms with E-state index < -0.39 is 0 Å². The molecular weight excluding hydrogens is 252 g/mol. The molecular formula is C16H16N2O2. The van der Waals surface area contributed by atoms with Crippen LogP contribution in [0.15, 0.2) is 54.6 Å². The monoisotopic (exact) mass is 268 g/mol. The fourth-order valence-electron chi connectivity index (χ4n) is 2.89. The van der Waals surface area contributed by atoms with Crippen LogP contribution < -0.4 is 4.90 Å². The zero-order valence-electron chi connectivity index (χ0n) is 11.1. The standard InChI is InChI=1S/C16H16N2O2/c19-18(20)12-16(13-6-2-1-3-7-13)17-11-10-14-8-4-5-9-15(14)17/h1-9,16H,10-12H2/t16-/m1/s1. The molecule has 0 fully saturated rings. The van der Waals surface area contributed by atoms with Crippen LogP contribution in [0.25, 0.3) is 0 Å². The lowest BCUT2D eigenvalue weighted by Crippen LogP contribution is -2.32. The van der Waals surface area contributed by atoms with Crippen molar-refractivity contribution < 1.29 is 4.92 Å². The maximum atomic E-state index is 11.0. The molecule has 1 heterocycles. The fourth-order valence-corrected chi connectivity index (χ4v) is 2.89. The van der Waals surface area contributed by atoms with Crippen molar-refractivity contribution in [3.8, 4) is 0 Å². The molecule has 0 saturated carbocycles. The molecule has 4 nitrogen and oxygen atoms in total. The van der Waals surface area contributed by atoms with Crippen molar-refractivity contribution in [3.05, 3.63) is 75.8 Å². The van der Waals surface area contributed by atoms with Crippen molar-refractivity contribution in [2.45, 2.75) is 12.5 Å². The first-order valence-electron chi connectivity index (χ1n) is 6.77. The van der Waals surface area contributed by atoms with E-state index in [-0.39, 0.29) is 17.5 Å². The average molecular weight is 268 g/mol. The van der Waals surface area contributed by atoms with E-state index in [2.05, 4.69) is 17.0 Å². The predicted molar refractivity (Wildman–Crippen MR) is 78.5 cm³/mol. The van der Waals surface area contributed by atoms with Crippen LogP contribution in [0.3, 0.4) is 0 Å². The minimum atomic E-state index is -0.224. The molecule has 0 aliphatic carbocycles. The van der Waals surface area contributed by atoms with Gasteiger partial charge in [0, 0.05) is 17.2 Å². The molecule has 20 heavy (non-hydrogen) atoms. The highest BCUT2D eigenvalue weighted by Crippen LogP contribution is 2.34. The number of rotatable bonds is 4. The Morgan fingerprint density at radius 2 is 1.80 bits per heavy atom. The molecule has 1 aliphatic heterocycles. The average Bonchev–Trinajstić information content (AvgIpc) is 2.89. The number of para-hydroxylation sites is 1. The molecule has 1 atom stereocenters. The molecule has 0 amide bonds. The minimum absolute atomic E-state index is 0.0711. The normalized spacial score (nSPS) is 14.9. The lowest BCUT2D eigenvalue weighted by molar-refractivity contribution is -0.483. The Morgan fingerprint density at radius 3 is 2.55 bits per heavy atom. The van der Waals surface area contributed by atoms with Crippen LogP contribution in [0, 0.1) is 10.1 Å². The molecule has 3 rings (SSSR count). The van der Waals surface area contributed by atoms with Crippen LogP contribution >= 0.6 is 0 Å². The van der Waals surface area contributed by atoms with Gasteiger partial charge >= 0.3 is 0 Å². The second kappa shape index (κ2) is 5.33. The lowest BCUT2D eigenvalue weighted by atomic mass is 10.1. The molecule has 2 aromatic rings. The predicted octanol–water partition coefficient (Wildman–Crippen LogP) is 3.07. The third-order valence-corrected chi connectivity index (χ3v) is 3.81. The summed E-state index contributed by atoms with van der Waals surface area (Å²) in [7, 11) is 0. The van der Waals surface area contributed by atoms with Crippen molar-refractivity contribution in [2.75, 3.05) is 18.0 Å². The van der Waals surface area contributed by atoms with E-state index in [4.69, 9.17) is 0 Å². The topological polar surface area (TPSA) is 46.4 Å². The Bertz CT molecular complexity index is 613. The third kappa shape index (κ3) is 2.37. The first kappa shape index (κ1) is 12.7. The quantitative estimate of drug-likeness (QED) is 0.632. The summed E-state index contributed by atoms with van der Waals surface area (Å²) in [6.45, 7) is 0.769. The zero-order chi connectivity index (χ0) is 13.9. The summed E-state index contributed by atoms with van der Waals surface area (Å²) in [5, 5.41) is 11.0. The second-order valence-corrected chi connectivity index (χ2v) is 5.01. The van der Waals surface area contributed by atoms with Crippen molar-refractivity contribution in [1.82, 2.24) is 0 Å². The van der Waals surface area contributed by atoms with Gasteiger partial charge in [-0.15, -0.1) is 0 Å². The maximum absolute atomic E-state index is 11.0. The van der Waals surface area contributed by atoms with Gasteiger partial charge in [-0.25, -0.2) is 0 Å². The number of benzene rings is 2. The van der Waals surface area contributed by atoms with Gasteiger partial charge in [-0.1, -0.05) is 48.5 Å². The van der Waals surface area contributed by atoms with Crippen LogP contribution in [-0.2, 0) is 6.42 Å². The first-order chi connectivity index (χ1) is 9.75. The SMILES string of the molecule is O=[N+]([O-])C[C@H](c1ccccc1)N1CCc2ccccc21. The number of fused-ring (bicyclic) bond motifs is 1. The Morgan fingerprint density at radius 1 is 1.10 bits per heavy atom. The number of nitro groups is 1. The van der Waals surface area contributed by atoms with E-state index in [1.807, 2.05) is 42.5 Å². The van der Waals surface area contributed by atoms with E-state index in [1.165, 1.54) is 5.56 Å². The third-order valence-electron chi connectivity index (χ3n) is 3.81. The van der Waals surface area contributed by atoms with Crippen LogP contribution in [0.1, 0.15) is 17.2 Å². The summed E-state index contributed by atoms with van der Waals surface area (Å²) >= 11 is 0. The molecule has 2 aromatic carbocycles. The summed E-state index contributed by atoms with van der Waals surface area (Å²) in [6, 6.07) is 17.7. The number of hydrogen-bond acceptors (Lipinski definition) is 3. The second-order valence-electron chi connectivity index (χ2n) is 5.01. The van der Waals surface area contributed by atoms with Crippen LogP contribution in [0.4, 0.5) is 5.69 Å². The van der Waals surface area contributed by atoms with Gasteiger partial charge in [0.2, 0.25) is 6.54 Å². The molecule has 0 spiro atoms. The minimum Gasteiger partial charge on any atom is -0.358 e. The van der Waals surface area contributed by atoms with E-state index in [0.29, 0.717) is 0 Å². The Labute approximate surface area is 117 Å². The Kier molecular flexibility index (Phi) is 3.37. The van der Waals surface area contributed by atoms with E-state index in [9.17, 15) is 10.1 Å². The fraction of sp³-hybridized carbons (Fsp3) is 0.250. The number of anilines is 1. The Hall–Kier alpha value is -2.36.